The van der Waals surface area contributed by atoms with Gasteiger partial charge in [0.15, 0.2) is 6.61 Å². The van der Waals surface area contributed by atoms with Gasteiger partial charge in [-0.1, -0.05) is 31.2 Å². The van der Waals surface area contributed by atoms with Crippen molar-refractivity contribution in [2.24, 2.45) is 0 Å². The molecule has 0 aliphatic heterocycles. The third-order valence-electron chi connectivity index (χ3n) is 3.36. The predicted molar refractivity (Wildman–Crippen MR) is 91.0 cm³/mol. The molecule has 4 heteroatoms. The molecule has 0 fully saturated rings. The molecule has 1 amide bonds. The summed E-state index contributed by atoms with van der Waals surface area (Å²) in [5, 5.41) is 2.78. The molecule has 2 rings (SSSR count). The average molecular weight is 313 g/mol. The van der Waals surface area contributed by atoms with E-state index < -0.39 is 0 Å². The van der Waals surface area contributed by atoms with Crippen LogP contribution in [0.15, 0.2) is 48.5 Å². The van der Waals surface area contributed by atoms with Crippen LogP contribution in [0.5, 0.6) is 11.5 Å². The lowest BCUT2D eigenvalue weighted by molar-refractivity contribution is -0.123. The van der Waals surface area contributed by atoms with Crippen molar-refractivity contribution in [3.05, 3.63) is 59.7 Å². The van der Waals surface area contributed by atoms with E-state index in [2.05, 4.69) is 12.2 Å². The molecular formula is C19H23NO3. The van der Waals surface area contributed by atoms with Crippen LogP contribution in [0.25, 0.3) is 0 Å². The average Bonchev–Trinajstić information content (AvgIpc) is 2.57. The molecular weight excluding hydrogens is 290 g/mol. The Balaban J connectivity index is 1.65. The summed E-state index contributed by atoms with van der Waals surface area (Å²) in [5.41, 5.74) is 2.34. The van der Waals surface area contributed by atoms with Gasteiger partial charge in [0.05, 0.1) is 6.54 Å². The lowest BCUT2D eigenvalue weighted by Gasteiger charge is -2.09. The molecule has 0 saturated carbocycles. The highest BCUT2D eigenvalue weighted by Gasteiger charge is 2.03. The fraction of sp³-hybridized carbons (Fsp3) is 0.316. The number of carbonyl (C=O) groups excluding carboxylic acids is 1. The molecule has 2 aromatic rings. The maximum atomic E-state index is 11.7. The van der Waals surface area contributed by atoms with Crippen LogP contribution in [-0.4, -0.2) is 25.7 Å². The molecule has 23 heavy (non-hydrogen) atoms. The highest BCUT2D eigenvalue weighted by atomic mass is 16.5. The second-order valence-electron chi connectivity index (χ2n) is 5.30. The minimum absolute atomic E-state index is 0.0115. The first-order valence-electron chi connectivity index (χ1n) is 7.85. The summed E-state index contributed by atoms with van der Waals surface area (Å²) in [4.78, 5) is 11.7. The van der Waals surface area contributed by atoms with Crippen molar-refractivity contribution < 1.29 is 14.3 Å². The number of hydrogen-bond acceptors (Lipinski definition) is 3. The standard InChI is InChI=1S/C19H23NO3/c1-3-16-7-5-9-18(13-16)23-14-19(21)20-10-11-22-17-8-4-6-15(2)12-17/h4-9,12-13H,3,10-11,14H2,1-2H3,(H,20,21). The summed E-state index contributed by atoms with van der Waals surface area (Å²) < 4.78 is 11.1. The van der Waals surface area contributed by atoms with Crippen LogP contribution in [-0.2, 0) is 11.2 Å². The maximum Gasteiger partial charge on any atom is 0.258 e. The van der Waals surface area contributed by atoms with Gasteiger partial charge in [-0.25, -0.2) is 0 Å². The van der Waals surface area contributed by atoms with Crippen molar-refractivity contribution >= 4 is 5.91 Å². The van der Waals surface area contributed by atoms with Crippen molar-refractivity contribution in [1.29, 1.82) is 0 Å². The summed E-state index contributed by atoms with van der Waals surface area (Å²) in [6.07, 6.45) is 0.944. The largest absolute Gasteiger partial charge is 0.492 e. The van der Waals surface area contributed by atoms with E-state index in [9.17, 15) is 4.79 Å². The van der Waals surface area contributed by atoms with E-state index in [1.807, 2.05) is 55.5 Å². The first kappa shape index (κ1) is 16.9. The molecule has 122 valence electrons. The Hall–Kier alpha value is -2.49. The Morgan fingerprint density at radius 2 is 1.78 bits per heavy atom. The minimum atomic E-state index is -0.153. The van der Waals surface area contributed by atoms with Gasteiger partial charge in [0.25, 0.3) is 5.91 Å². The zero-order chi connectivity index (χ0) is 16.5. The highest BCUT2D eigenvalue weighted by molar-refractivity contribution is 5.77. The van der Waals surface area contributed by atoms with Gasteiger partial charge in [-0.05, 0) is 48.7 Å². The molecule has 1 N–H and O–H groups in total. The van der Waals surface area contributed by atoms with Crippen molar-refractivity contribution in [3.63, 3.8) is 0 Å². The SMILES string of the molecule is CCc1cccc(OCC(=O)NCCOc2cccc(C)c2)c1. The van der Waals surface area contributed by atoms with Crippen LogP contribution in [0.1, 0.15) is 18.1 Å². The lowest BCUT2D eigenvalue weighted by Crippen LogP contribution is -2.32. The fourth-order valence-corrected chi connectivity index (χ4v) is 2.12. The topological polar surface area (TPSA) is 47.6 Å². The molecule has 0 unspecified atom stereocenters. The van der Waals surface area contributed by atoms with E-state index in [4.69, 9.17) is 9.47 Å². The monoisotopic (exact) mass is 313 g/mol. The zero-order valence-electron chi connectivity index (χ0n) is 13.7. The van der Waals surface area contributed by atoms with E-state index in [-0.39, 0.29) is 12.5 Å². The number of benzene rings is 2. The highest BCUT2D eigenvalue weighted by Crippen LogP contribution is 2.13. The Morgan fingerprint density at radius 3 is 2.52 bits per heavy atom. The smallest absolute Gasteiger partial charge is 0.258 e. The molecule has 0 bridgehead atoms. The van der Waals surface area contributed by atoms with Gasteiger partial charge in [-0.2, -0.15) is 0 Å². The normalized spacial score (nSPS) is 10.2. The zero-order valence-corrected chi connectivity index (χ0v) is 13.7. The van der Waals surface area contributed by atoms with Crippen molar-refractivity contribution in [1.82, 2.24) is 5.32 Å². The van der Waals surface area contributed by atoms with Crippen molar-refractivity contribution in [2.45, 2.75) is 20.3 Å². The van der Waals surface area contributed by atoms with E-state index in [0.717, 1.165) is 23.5 Å². The molecule has 0 heterocycles. The molecule has 0 atom stereocenters. The second kappa shape index (κ2) is 8.83. The molecule has 0 aliphatic carbocycles. The van der Waals surface area contributed by atoms with Crippen LogP contribution in [0.4, 0.5) is 0 Å². The number of amides is 1. The summed E-state index contributed by atoms with van der Waals surface area (Å²) in [7, 11) is 0. The number of ether oxygens (including phenoxy) is 2. The Labute approximate surface area is 137 Å². The van der Waals surface area contributed by atoms with Gasteiger partial charge in [0.2, 0.25) is 0 Å². The summed E-state index contributed by atoms with van der Waals surface area (Å²) in [5.74, 6) is 1.38. The summed E-state index contributed by atoms with van der Waals surface area (Å²) in [6.45, 7) is 4.99. The van der Waals surface area contributed by atoms with Crippen molar-refractivity contribution in [2.75, 3.05) is 19.8 Å². The van der Waals surface area contributed by atoms with E-state index in [0.29, 0.717) is 13.2 Å². The molecule has 0 aliphatic rings. The quantitative estimate of drug-likeness (QED) is 0.762. The number of carbonyl (C=O) groups is 1. The van der Waals surface area contributed by atoms with Gasteiger partial charge in [0.1, 0.15) is 18.1 Å². The Bertz CT molecular complexity index is 640. The lowest BCUT2D eigenvalue weighted by atomic mass is 10.2. The summed E-state index contributed by atoms with van der Waals surface area (Å²) >= 11 is 0. The Kier molecular flexibility index (Phi) is 6.48. The van der Waals surface area contributed by atoms with Gasteiger partial charge in [-0.15, -0.1) is 0 Å². The number of hydrogen-bond donors (Lipinski definition) is 1. The number of nitrogens with one attached hydrogen (secondary N) is 1. The third-order valence-corrected chi connectivity index (χ3v) is 3.36. The van der Waals surface area contributed by atoms with E-state index in [1.54, 1.807) is 0 Å². The van der Waals surface area contributed by atoms with Crippen LogP contribution >= 0.6 is 0 Å². The van der Waals surface area contributed by atoms with Crippen LogP contribution < -0.4 is 14.8 Å². The summed E-state index contributed by atoms with van der Waals surface area (Å²) in [6, 6.07) is 15.6. The van der Waals surface area contributed by atoms with Gasteiger partial charge in [-0.3, -0.25) is 4.79 Å². The number of rotatable bonds is 8. The third kappa shape index (κ3) is 6.02. The predicted octanol–water partition coefficient (Wildman–Crippen LogP) is 3.13. The number of aryl methyl sites for hydroxylation is 2. The van der Waals surface area contributed by atoms with E-state index in [1.165, 1.54) is 5.56 Å². The minimum Gasteiger partial charge on any atom is -0.492 e. The molecule has 0 aromatic heterocycles. The van der Waals surface area contributed by atoms with Gasteiger partial charge >= 0.3 is 0 Å². The maximum absolute atomic E-state index is 11.7. The first-order chi connectivity index (χ1) is 11.2. The molecule has 4 nitrogen and oxygen atoms in total. The van der Waals surface area contributed by atoms with Gasteiger partial charge < -0.3 is 14.8 Å². The van der Waals surface area contributed by atoms with Crippen molar-refractivity contribution in [3.8, 4) is 11.5 Å². The first-order valence-corrected chi connectivity index (χ1v) is 7.85. The second-order valence-corrected chi connectivity index (χ2v) is 5.30. The van der Waals surface area contributed by atoms with Gasteiger partial charge in [0, 0.05) is 0 Å². The van der Waals surface area contributed by atoms with Crippen LogP contribution in [0.2, 0.25) is 0 Å². The Morgan fingerprint density at radius 1 is 1.04 bits per heavy atom. The fourth-order valence-electron chi connectivity index (χ4n) is 2.12. The molecule has 0 radical (unpaired) electrons. The molecule has 0 saturated heterocycles. The molecule has 2 aromatic carbocycles. The molecule has 0 spiro atoms. The van der Waals surface area contributed by atoms with Crippen LogP contribution in [0, 0.1) is 6.92 Å². The van der Waals surface area contributed by atoms with Crippen LogP contribution in [0.3, 0.4) is 0 Å². The van der Waals surface area contributed by atoms with E-state index >= 15 is 0 Å².